The summed E-state index contributed by atoms with van der Waals surface area (Å²) in [7, 11) is -2.26. The molecule has 0 heterocycles. The van der Waals surface area contributed by atoms with E-state index in [4.69, 9.17) is 5.73 Å². The molecule has 0 radical (unpaired) electrons. The molecule has 0 saturated carbocycles. The third-order valence-corrected chi connectivity index (χ3v) is 4.38. The lowest BCUT2D eigenvalue weighted by atomic mass is 10.2. The molecule has 21 heavy (non-hydrogen) atoms. The van der Waals surface area contributed by atoms with Gasteiger partial charge in [-0.15, -0.1) is 0 Å². The zero-order valence-electron chi connectivity index (χ0n) is 12.4. The van der Waals surface area contributed by atoms with Crippen LogP contribution >= 0.6 is 0 Å². The van der Waals surface area contributed by atoms with Gasteiger partial charge in [-0.05, 0) is 38.6 Å². The average Bonchev–Trinajstić information content (AvgIpc) is 2.44. The van der Waals surface area contributed by atoms with Crippen LogP contribution in [0.5, 0.6) is 0 Å². The van der Waals surface area contributed by atoms with Gasteiger partial charge >= 0.3 is 0 Å². The minimum Gasteiger partial charge on any atom is -0.398 e. The van der Waals surface area contributed by atoms with Crippen LogP contribution < -0.4 is 21.1 Å². The first-order valence-corrected chi connectivity index (χ1v) is 8.17. The van der Waals surface area contributed by atoms with Crippen LogP contribution in [0, 0.1) is 0 Å². The molecule has 0 aliphatic heterocycles. The molecule has 1 unspecified atom stereocenters. The minimum absolute atomic E-state index is 0.0126. The van der Waals surface area contributed by atoms with Crippen LogP contribution in [0.25, 0.3) is 0 Å². The fraction of sp³-hybridized carbons (Fsp3) is 0.462. The third kappa shape index (κ3) is 4.61. The maximum Gasteiger partial charge on any atom is 0.242 e. The van der Waals surface area contributed by atoms with Crippen LogP contribution in [0.4, 0.5) is 11.4 Å². The summed E-state index contributed by atoms with van der Waals surface area (Å²) in [6.07, 6.45) is 0.863. The van der Waals surface area contributed by atoms with Crippen molar-refractivity contribution < 1.29 is 13.2 Å². The topological polar surface area (TPSA) is 113 Å². The summed E-state index contributed by atoms with van der Waals surface area (Å²) in [6.45, 7) is 4.31. The summed E-state index contributed by atoms with van der Waals surface area (Å²) in [5.41, 5.74) is 6.46. The molecule has 0 bridgehead atoms. The number of carbonyl (C=O) groups excluding carboxylic acids is 1. The maximum atomic E-state index is 11.8. The van der Waals surface area contributed by atoms with Crippen LogP contribution in [0.3, 0.4) is 0 Å². The van der Waals surface area contributed by atoms with E-state index >= 15 is 0 Å². The molecule has 0 aromatic heterocycles. The van der Waals surface area contributed by atoms with Crippen molar-refractivity contribution in [3.05, 3.63) is 18.2 Å². The Bertz CT molecular complexity index is 601. The number of benzene rings is 1. The molecule has 1 aromatic carbocycles. The second-order valence-electron chi connectivity index (χ2n) is 4.62. The van der Waals surface area contributed by atoms with Crippen LogP contribution in [0.1, 0.15) is 20.3 Å². The van der Waals surface area contributed by atoms with Crippen LogP contribution in [-0.2, 0) is 14.8 Å². The van der Waals surface area contributed by atoms with Crippen LogP contribution in [0.15, 0.2) is 23.1 Å². The van der Waals surface area contributed by atoms with E-state index in [1.54, 1.807) is 13.0 Å². The zero-order valence-corrected chi connectivity index (χ0v) is 13.3. The van der Waals surface area contributed by atoms with E-state index in [0.29, 0.717) is 12.2 Å². The van der Waals surface area contributed by atoms with Crippen molar-refractivity contribution in [3.63, 3.8) is 0 Å². The molecule has 8 heteroatoms. The van der Waals surface area contributed by atoms with Gasteiger partial charge in [-0.3, -0.25) is 4.79 Å². The van der Waals surface area contributed by atoms with E-state index in [1.165, 1.54) is 19.2 Å². The summed E-state index contributed by atoms with van der Waals surface area (Å²) in [5, 5.41) is 5.75. The van der Waals surface area contributed by atoms with Crippen molar-refractivity contribution in [1.82, 2.24) is 10.0 Å². The van der Waals surface area contributed by atoms with Gasteiger partial charge in [-0.25, -0.2) is 13.1 Å². The number of nitrogen functional groups attached to an aromatic ring is 1. The molecule has 1 amide bonds. The zero-order chi connectivity index (χ0) is 16.0. The number of anilines is 2. The summed E-state index contributed by atoms with van der Waals surface area (Å²) < 4.78 is 25.6. The van der Waals surface area contributed by atoms with Crippen molar-refractivity contribution in [2.75, 3.05) is 24.6 Å². The highest BCUT2D eigenvalue weighted by Gasteiger charge is 2.17. The standard InChI is InChI=1S/C13H22N4O3S/c1-4-7-16-13(18)9(2)17-10-5-6-12(11(14)8-10)21(19,20)15-3/h5-6,8-9,15,17H,4,7,14H2,1-3H3,(H,16,18). The Labute approximate surface area is 125 Å². The van der Waals surface area contributed by atoms with Gasteiger partial charge in [0.25, 0.3) is 0 Å². The smallest absolute Gasteiger partial charge is 0.242 e. The number of hydrogen-bond acceptors (Lipinski definition) is 5. The number of carbonyl (C=O) groups is 1. The number of rotatable bonds is 7. The van der Waals surface area contributed by atoms with Crippen LogP contribution in [-0.4, -0.2) is 34.0 Å². The Morgan fingerprint density at radius 1 is 1.38 bits per heavy atom. The summed E-state index contributed by atoms with van der Waals surface area (Å²) >= 11 is 0. The first kappa shape index (κ1) is 17.3. The number of nitrogens with two attached hydrogens (primary N) is 1. The molecule has 0 aliphatic carbocycles. The second-order valence-corrected chi connectivity index (χ2v) is 6.47. The SMILES string of the molecule is CCCNC(=O)C(C)Nc1ccc(S(=O)(=O)NC)c(N)c1. The largest absolute Gasteiger partial charge is 0.398 e. The summed E-state index contributed by atoms with van der Waals surface area (Å²) in [5.74, 6) is -0.123. The quantitative estimate of drug-likeness (QED) is 0.547. The molecule has 1 atom stereocenters. The van der Waals surface area contributed by atoms with Crippen molar-refractivity contribution in [1.29, 1.82) is 0 Å². The van der Waals surface area contributed by atoms with E-state index in [9.17, 15) is 13.2 Å². The van der Waals surface area contributed by atoms with E-state index in [0.717, 1.165) is 6.42 Å². The molecule has 0 saturated heterocycles. The molecule has 1 rings (SSSR count). The highest BCUT2D eigenvalue weighted by molar-refractivity contribution is 7.89. The molecular weight excluding hydrogens is 292 g/mol. The predicted molar refractivity (Wildman–Crippen MR) is 83.5 cm³/mol. The number of hydrogen-bond donors (Lipinski definition) is 4. The van der Waals surface area contributed by atoms with Crippen LogP contribution in [0.2, 0.25) is 0 Å². The van der Waals surface area contributed by atoms with Crippen molar-refractivity contribution >= 4 is 27.3 Å². The minimum atomic E-state index is -3.58. The van der Waals surface area contributed by atoms with E-state index in [1.807, 2.05) is 6.92 Å². The fourth-order valence-electron chi connectivity index (χ4n) is 1.71. The van der Waals surface area contributed by atoms with Gasteiger partial charge in [0.1, 0.15) is 10.9 Å². The Hall–Kier alpha value is -1.80. The van der Waals surface area contributed by atoms with E-state index < -0.39 is 16.1 Å². The Morgan fingerprint density at radius 3 is 2.57 bits per heavy atom. The first-order valence-electron chi connectivity index (χ1n) is 6.69. The average molecular weight is 314 g/mol. The summed E-state index contributed by atoms with van der Waals surface area (Å²) in [6, 6.07) is 4.03. The number of nitrogens with one attached hydrogen (secondary N) is 3. The molecule has 0 fully saturated rings. The normalized spacial score (nSPS) is 12.7. The molecule has 0 aliphatic rings. The molecule has 118 valence electrons. The predicted octanol–water partition coefficient (Wildman–Crippen LogP) is 0.504. The highest BCUT2D eigenvalue weighted by atomic mass is 32.2. The molecule has 5 N–H and O–H groups in total. The fourth-order valence-corrected chi connectivity index (χ4v) is 2.55. The lowest BCUT2D eigenvalue weighted by Crippen LogP contribution is -2.37. The number of amides is 1. The van der Waals surface area contributed by atoms with E-state index in [-0.39, 0.29) is 16.5 Å². The third-order valence-electron chi connectivity index (χ3n) is 2.89. The summed E-state index contributed by atoms with van der Waals surface area (Å²) in [4.78, 5) is 11.8. The van der Waals surface area contributed by atoms with Crippen molar-refractivity contribution in [3.8, 4) is 0 Å². The van der Waals surface area contributed by atoms with Crippen molar-refractivity contribution in [2.24, 2.45) is 0 Å². The van der Waals surface area contributed by atoms with Crippen molar-refractivity contribution in [2.45, 2.75) is 31.2 Å². The first-order chi connectivity index (χ1) is 9.81. The Balaban J connectivity index is 2.83. The molecule has 0 spiro atoms. The molecule has 7 nitrogen and oxygen atoms in total. The van der Waals surface area contributed by atoms with Gasteiger partial charge in [-0.2, -0.15) is 0 Å². The van der Waals surface area contributed by atoms with Gasteiger partial charge in [0.2, 0.25) is 15.9 Å². The monoisotopic (exact) mass is 314 g/mol. The number of sulfonamides is 1. The van der Waals surface area contributed by atoms with Gasteiger partial charge in [-0.1, -0.05) is 6.92 Å². The molecule has 1 aromatic rings. The highest BCUT2D eigenvalue weighted by Crippen LogP contribution is 2.22. The van der Waals surface area contributed by atoms with Gasteiger partial charge in [0.15, 0.2) is 0 Å². The van der Waals surface area contributed by atoms with Gasteiger partial charge in [0.05, 0.1) is 5.69 Å². The maximum absolute atomic E-state index is 11.8. The van der Waals surface area contributed by atoms with Gasteiger partial charge in [0, 0.05) is 12.2 Å². The van der Waals surface area contributed by atoms with Gasteiger partial charge < -0.3 is 16.4 Å². The lowest BCUT2D eigenvalue weighted by molar-refractivity contribution is -0.121. The van der Waals surface area contributed by atoms with E-state index in [2.05, 4.69) is 15.4 Å². The Morgan fingerprint density at radius 2 is 2.05 bits per heavy atom. The Kier molecular flexibility index (Phi) is 5.98. The lowest BCUT2D eigenvalue weighted by Gasteiger charge is -2.16. The molecular formula is C13H22N4O3S. The second kappa shape index (κ2) is 7.28.